The molecule has 8 heteroatoms. The molecule has 214 valence electrons. The minimum absolute atomic E-state index is 0.112. The van der Waals surface area contributed by atoms with Gasteiger partial charge in [0.15, 0.2) is 0 Å². The van der Waals surface area contributed by atoms with Crippen LogP contribution in [0.1, 0.15) is 28.2 Å². The molecule has 4 aromatic carbocycles. The van der Waals surface area contributed by atoms with E-state index in [-0.39, 0.29) is 25.5 Å². The molecule has 0 saturated heterocycles. The lowest BCUT2D eigenvalue weighted by Gasteiger charge is -2.25. The molecule has 8 nitrogen and oxygen atoms in total. The highest BCUT2D eigenvalue weighted by Gasteiger charge is 2.30. The number of carboxylic acids is 1. The van der Waals surface area contributed by atoms with Gasteiger partial charge in [0.05, 0.1) is 6.42 Å². The number of nitrogens with one attached hydrogen (secondary N) is 2. The summed E-state index contributed by atoms with van der Waals surface area (Å²) in [6, 6.07) is 31.8. The van der Waals surface area contributed by atoms with Crippen LogP contribution in [-0.4, -0.2) is 54.2 Å². The molecule has 0 spiro atoms. The van der Waals surface area contributed by atoms with E-state index in [4.69, 9.17) is 4.74 Å². The van der Waals surface area contributed by atoms with Crippen molar-refractivity contribution in [1.29, 1.82) is 0 Å². The molecule has 3 N–H and O–H groups in total. The number of carbonyl (C=O) groups excluding carboxylic acids is 2. The first-order chi connectivity index (χ1) is 20.4. The molecule has 0 radical (unpaired) electrons. The molecule has 42 heavy (non-hydrogen) atoms. The fraction of sp³-hybridized carbons (Fsp3) is 0.206. The van der Waals surface area contributed by atoms with Crippen molar-refractivity contribution < 1.29 is 24.2 Å². The van der Waals surface area contributed by atoms with Gasteiger partial charge in [-0.05, 0) is 46.5 Å². The summed E-state index contributed by atoms with van der Waals surface area (Å²) < 4.78 is 5.72. The van der Waals surface area contributed by atoms with Crippen LogP contribution in [0.3, 0.4) is 0 Å². The number of alkyl carbamates (subject to hydrolysis) is 1. The monoisotopic (exact) mass is 563 g/mol. The molecule has 5 rings (SSSR count). The van der Waals surface area contributed by atoms with Gasteiger partial charge < -0.3 is 20.5 Å². The van der Waals surface area contributed by atoms with E-state index in [1.165, 1.54) is 0 Å². The smallest absolute Gasteiger partial charge is 0.407 e. The number of ether oxygens (including phenoxy) is 1. The van der Waals surface area contributed by atoms with Crippen molar-refractivity contribution in [3.8, 4) is 11.1 Å². The van der Waals surface area contributed by atoms with E-state index in [0.717, 1.165) is 27.8 Å². The lowest BCUT2D eigenvalue weighted by Crippen LogP contribution is -2.50. The van der Waals surface area contributed by atoms with Crippen molar-refractivity contribution in [2.75, 3.05) is 25.5 Å². The van der Waals surface area contributed by atoms with E-state index in [0.29, 0.717) is 17.8 Å². The zero-order chi connectivity index (χ0) is 29.5. The van der Waals surface area contributed by atoms with Crippen LogP contribution in [0.4, 0.5) is 10.5 Å². The SMILES string of the molecule is CN(Cc1ccccc1)CC(NC(=O)OCC1c2ccccc2-c2ccccc21)C(=O)Nc1ccccc1CC(=O)O. The van der Waals surface area contributed by atoms with Gasteiger partial charge >= 0.3 is 12.1 Å². The predicted molar refractivity (Wildman–Crippen MR) is 161 cm³/mol. The molecule has 0 heterocycles. The Labute approximate surface area is 244 Å². The Bertz CT molecular complexity index is 1530. The van der Waals surface area contributed by atoms with Gasteiger partial charge in [0, 0.05) is 24.7 Å². The normalized spacial score (nSPS) is 12.7. The van der Waals surface area contributed by atoms with Crippen molar-refractivity contribution in [2.24, 2.45) is 0 Å². The van der Waals surface area contributed by atoms with Crippen molar-refractivity contribution in [1.82, 2.24) is 10.2 Å². The van der Waals surface area contributed by atoms with Gasteiger partial charge in [0.25, 0.3) is 0 Å². The van der Waals surface area contributed by atoms with Gasteiger partial charge in [0.1, 0.15) is 12.6 Å². The van der Waals surface area contributed by atoms with Gasteiger partial charge in [-0.1, -0.05) is 97.1 Å². The summed E-state index contributed by atoms with van der Waals surface area (Å²) in [5, 5.41) is 14.9. The number of rotatable bonds is 11. The number of hydrogen-bond donors (Lipinski definition) is 3. The van der Waals surface area contributed by atoms with Crippen molar-refractivity contribution >= 4 is 23.7 Å². The molecule has 1 atom stereocenters. The fourth-order valence-electron chi connectivity index (χ4n) is 5.43. The number of para-hydroxylation sites is 1. The van der Waals surface area contributed by atoms with E-state index < -0.39 is 24.0 Å². The minimum Gasteiger partial charge on any atom is -0.481 e. The third-order valence-electron chi connectivity index (χ3n) is 7.36. The Kier molecular flexibility index (Phi) is 8.94. The quantitative estimate of drug-likeness (QED) is 0.229. The standard InChI is InChI=1S/C34H33N3O5/c1-37(20-23-11-3-2-4-12-23)21-31(33(40)35-30-18-10-5-13-24(30)19-32(38)39)36-34(41)42-22-29-27-16-8-6-14-25(27)26-15-7-9-17-28(26)29/h2-18,29,31H,19-22H2,1H3,(H,35,40)(H,36,41)(H,38,39). The third kappa shape index (κ3) is 6.85. The summed E-state index contributed by atoms with van der Waals surface area (Å²) >= 11 is 0. The number of carbonyl (C=O) groups is 3. The number of fused-ring (bicyclic) bond motifs is 3. The topological polar surface area (TPSA) is 108 Å². The Hall–Kier alpha value is -4.95. The van der Waals surface area contributed by atoms with Crippen molar-refractivity contribution in [3.05, 3.63) is 125 Å². The number of benzene rings is 4. The number of anilines is 1. The molecule has 0 saturated carbocycles. The maximum Gasteiger partial charge on any atom is 0.407 e. The molecule has 0 aliphatic heterocycles. The molecule has 1 aliphatic rings. The van der Waals surface area contributed by atoms with Crippen LogP contribution >= 0.6 is 0 Å². The number of amides is 2. The molecule has 1 aliphatic carbocycles. The Balaban J connectivity index is 1.30. The Morgan fingerprint density at radius 1 is 0.833 bits per heavy atom. The van der Waals surface area contributed by atoms with Crippen LogP contribution in [0.25, 0.3) is 11.1 Å². The maximum atomic E-state index is 13.5. The summed E-state index contributed by atoms with van der Waals surface area (Å²) in [5.74, 6) is -1.59. The number of nitrogens with zero attached hydrogens (tertiary/aromatic N) is 1. The zero-order valence-electron chi connectivity index (χ0n) is 23.3. The van der Waals surface area contributed by atoms with Crippen molar-refractivity contribution in [3.63, 3.8) is 0 Å². The van der Waals surface area contributed by atoms with Gasteiger partial charge in [-0.3, -0.25) is 14.5 Å². The highest BCUT2D eigenvalue weighted by molar-refractivity contribution is 5.97. The lowest BCUT2D eigenvalue weighted by atomic mass is 9.98. The first-order valence-corrected chi connectivity index (χ1v) is 13.8. The van der Waals surface area contributed by atoms with Crippen LogP contribution < -0.4 is 10.6 Å². The van der Waals surface area contributed by atoms with E-state index in [1.807, 2.05) is 78.7 Å². The first-order valence-electron chi connectivity index (χ1n) is 13.8. The highest BCUT2D eigenvalue weighted by atomic mass is 16.5. The number of hydrogen-bond acceptors (Lipinski definition) is 5. The second-order valence-corrected chi connectivity index (χ2v) is 10.4. The molecule has 4 aromatic rings. The number of carboxylic acid groups (broad SMARTS) is 1. The van der Waals surface area contributed by atoms with E-state index >= 15 is 0 Å². The summed E-state index contributed by atoms with van der Waals surface area (Å²) in [7, 11) is 1.87. The third-order valence-corrected chi connectivity index (χ3v) is 7.36. The molecule has 1 unspecified atom stereocenters. The predicted octanol–water partition coefficient (Wildman–Crippen LogP) is 5.29. The van der Waals surface area contributed by atoms with Crippen LogP contribution in [0.2, 0.25) is 0 Å². The van der Waals surface area contributed by atoms with E-state index in [2.05, 4.69) is 22.8 Å². The fourth-order valence-corrected chi connectivity index (χ4v) is 5.43. The first kappa shape index (κ1) is 28.6. The Morgan fingerprint density at radius 3 is 2.10 bits per heavy atom. The molecular weight excluding hydrogens is 530 g/mol. The average Bonchev–Trinajstić information content (AvgIpc) is 3.30. The van der Waals surface area contributed by atoms with Crippen molar-refractivity contribution in [2.45, 2.75) is 24.9 Å². The van der Waals surface area contributed by atoms with Gasteiger partial charge in [-0.15, -0.1) is 0 Å². The van der Waals surface area contributed by atoms with E-state index in [9.17, 15) is 19.5 Å². The minimum atomic E-state index is -1.01. The molecular formula is C34H33N3O5. The second-order valence-electron chi connectivity index (χ2n) is 10.4. The summed E-state index contributed by atoms with van der Waals surface area (Å²) in [6.07, 6.45) is -0.946. The number of aliphatic carboxylic acids is 1. The second kappa shape index (κ2) is 13.1. The maximum absolute atomic E-state index is 13.5. The summed E-state index contributed by atoms with van der Waals surface area (Å²) in [5.41, 5.74) is 6.36. The molecule has 0 aromatic heterocycles. The number of likely N-dealkylation sites (N-methyl/N-ethyl adjacent to an activating group) is 1. The van der Waals surface area contributed by atoms with Crippen LogP contribution in [0.15, 0.2) is 103 Å². The average molecular weight is 564 g/mol. The van der Waals surface area contributed by atoms with Gasteiger partial charge in [-0.2, -0.15) is 0 Å². The summed E-state index contributed by atoms with van der Waals surface area (Å²) in [4.78, 5) is 39.9. The molecule has 0 fully saturated rings. The molecule has 2 amide bonds. The highest BCUT2D eigenvalue weighted by Crippen LogP contribution is 2.44. The largest absolute Gasteiger partial charge is 0.481 e. The van der Waals surface area contributed by atoms with Gasteiger partial charge in [-0.25, -0.2) is 4.79 Å². The zero-order valence-corrected chi connectivity index (χ0v) is 23.3. The van der Waals surface area contributed by atoms with Crippen LogP contribution in [0, 0.1) is 0 Å². The van der Waals surface area contributed by atoms with Gasteiger partial charge in [0.2, 0.25) is 5.91 Å². The Morgan fingerprint density at radius 2 is 1.43 bits per heavy atom. The lowest BCUT2D eigenvalue weighted by molar-refractivity contribution is -0.136. The summed E-state index contributed by atoms with van der Waals surface area (Å²) in [6.45, 7) is 0.883. The van der Waals surface area contributed by atoms with Crippen LogP contribution in [-0.2, 0) is 27.3 Å². The van der Waals surface area contributed by atoms with Crippen LogP contribution in [0.5, 0.6) is 0 Å². The van der Waals surface area contributed by atoms with E-state index in [1.54, 1.807) is 24.3 Å². The molecule has 0 bridgehead atoms.